The smallest absolute Gasteiger partial charge is 0.00387 e. The van der Waals surface area contributed by atoms with Gasteiger partial charge in [0.05, 0.1) is 0 Å². The molecule has 0 bridgehead atoms. The summed E-state index contributed by atoms with van der Waals surface area (Å²) in [5, 5.41) is 0. The van der Waals surface area contributed by atoms with Crippen LogP contribution in [0.3, 0.4) is 0 Å². The van der Waals surface area contributed by atoms with Gasteiger partial charge in [-0.1, -0.05) is 19.3 Å². The van der Waals surface area contributed by atoms with E-state index >= 15 is 0 Å². The molecule has 0 spiro atoms. The first-order chi connectivity index (χ1) is 4.30. The predicted octanol–water partition coefficient (Wildman–Crippen LogP) is 2.76. The maximum atomic E-state index is 5.77. The third-order valence-corrected chi connectivity index (χ3v) is 2.39. The largest absolute Gasteiger partial charge is 0.328 e. The highest BCUT2D eigenvalue weighted by Gasteiger charge is 2.16. The van der Waals surface area contributed by atoms with Crippen molar-refractivity contribution in [2.24, 2.45) is 11.7 Å². The minimum atomic E-state index is 0. The van der Waals surface area contributed by atoms with Gasteiger partial charge in [-0.25, -0.2) is 0 Å². The second-order valence-electron chi connectivity index (χ2n) is 3.26. The van der Waals surface area contributed by atoms with E-state index in [1.54, 1.807) is 0 Å². The molecule has 0 heterocycles. The zero-order valence-electron chi connectivity index (χ0n) is 7.08. The Bertz CT molecular complexity index is 80.2. The Labute approximate surface area is 81.9 Å². The van der Waals surface area contributed by atoms with Crippen LogP contribution in [0.5, 0.6) is 0 Å². The van der Waals surface area contributed by atoms with Crippen molar-refractivity contribution in [3.8, 4) is 0 Å². The zero-order chi connectivity index (χ0) is 6.69. The van der Waals surface area contributed by atoms with E-state index in [2.05, 4.69) is 6.92 Å². The van der Waals surface area contributed by atoms with Gasteiger partial charge in [0.25, 0.3) is 0 Å². The van der Waals surface area contributed by atoms with Gasteiger partial charge < -0.3 is 5.73 Å². The summed E-state index contributed by atoms with van der Waals surface area (Å²) in [5.41, 5.74) is 5.77. The molecule has 1 fully saturated rings. The molecule has 1 saturated carbocycles. The van der Waals surface area contributed by atoms with Gasteiger partial charge in [0.1, 0.15) is 0 Å². The number of hydrogen-bond donors (Lipinski definition) is 1. The highest BCUT2D eigenvalue weighted by Crippen LogP contribution is 2.25. The minimum absolute atomic E-state index is 0. The molecule has 1 aliphatic rings. The maximum absolute atomic E-state index is 5.77. The molecule has 1 atom stereocenters. The molecule has 1 aliphatic carbocycles. The molecular weight excluding hydrogens is 181 g/mol. The van der Waals surface area contributed by atoms with Gasteiger partial charge in [-0.05, 0) is 25.7 Å². The lowest BCUT2D eigenvalue weighted by Crippen LogP contribution is -2.27. The van der Waals surface area contributed by atoms with Crippen LogP contribution < -0.4 is 5.73 Å². The monoisotopic (exact) mass is 199 g/mol. The van der Waals surface area contributed by atoms with Gasteiger partial charge in [0.2, 0.25) is 0 Å². The van der Waals surface area contributed by atoms with Crippen molar-refractivity contribution in [3.63, 3.8) is 0 Å². The van der Waals surface area contributed by atoms with Gasteiger partial charge in [-0.15, -0.1) is 24.8 Å². The third-order valence-electron chi connectivity index (χ3n) is 2.39. The Morgan fingerprint density at radius 3 is 1.82 bits per heavy atom. The fourth-order valence-corrected chi connectivity index (χ4v) is 1.66. The van der Waals surface area contributed by atoms with Crippen LogP contribution in [0.1, 0.15) is 39.0 Å². The first-order valence-electron chi connectivity index (χ1n) is 4.06. The maximum Gasteiger partial charge on any atom is 0.00387 e. The summed E-state index contributed by atoms with van der Waals surface area (Å²) in [5.74, 6) is 0.832. The first-order valence-corrected chi connectivity index (χ1v) is 4.06. The summed E-state index contributed by atoms with van der Waals surface area (Å²) in [6.07, 6.45) is 7.00. The Morgan fingerprint density at radius 2 is 1.55 bits per heavy atom. The molecule has 1 rings (SSSR count). The zero-order valence-corrected chi connectivity index (χ0v) is 8.72. The van der Waals surface area contributed by atoms with E-state index < -0.39 is 0 Å². The van der Waals surface area contributed by atoms with E-state index in [0.29, 0.717) is 6.04 Å². The van der Waals surface area contributed by atoms with Crippen LogP contribution in [-0.4, -0.2) is 6.04 Å². The summed E-state index contributed by atoms with van der Waals surface area (Å²) < 4.78 is 0. The molecule has 0 aromatic heterocycles. The topological polar surface area (TPSA) is 26.0 Å². The van der Waals surface area contributed by atoms with Crippen LogP contribution in [0.25, 0.3) is 0 Å². The second kappa shape index (κ2) is 7.20. The molecule has 0 aromatic rings. The van der Waals surface area contributed by atoms with E-state index in [1.165, 1.54) is 32.1 Å². The number of nitrogens with two attached hydrogens (primary N) is 1. The lowest BCUT2D eigenvalue weighted by molar-refractivity contribution is 0.316. The van der Waals surface area contributed by atoms with E-state index in [9.17, 15) is 0 Å². The average Bonchev–Trinajstić information content (AvgIpc) is 1.90. The Kier molecular flexibility index (Phi) is 9.22. The molecule has 0 saturated heterocycles. The normalized spacial score (nSPS) is 21.3. The van der Waals surface area contributed by atoms with E-state index in [4.69, 9.17) is 5.73 Å². The van der Waals surface area contributed by atoms with Crippen molar-refractivity contribution in [1.29, 1.82) is 0 Å². The summed E-state index contributed by atoms with van der Waals surface area (Å²) in [7, 11) is 0. The lowest BCUT2D eigenvalue weighted by atomic mass is 9.85. The molecule has 0 radical (unpaired) electrons. The van der Waals surface area contributed by atoms with Crippen molar-refractivity contribution in [3.05, 3.63) is 0 Å². The predicted molar refractivity (Wildman–Crippen MR) is 54.7 cm³/mol. The highest BCUT2D eigenvalue weighted by molar-refractivity contribution is 5.85. The van der Waals surface area contributed by atoms with Gasteiger partial charge in [0, 0.05) is 6.04 Å². The van der Waals surface area contributed by atoms with Crippen molar-refractivity contribution in [2.45, 2.75) is 45.1 Å². The molecule has 0 aliphatic heterocycles. The fourth-order valence-electron chi connectivity index (χ4n) is 1.66. The summed E-state index contributed by atoms with van der Waals surface area (Å²) in [6, 6.07) is 0.435. The SMILES string of the molecule is C[C@H](N)C1CCCCC1.Cl.Cl. The lowest BCUT2D eigenvalue weighted by Gasteiger charge is -2.24. The van der Waals surface area contributed by atoms with Gasteiger partial charge in [-0.3, -0.25) is 0 Å². The molecule has 0 aromatic carbocycles. The van der Waals surface area contributed by atoms with Gasteiger partial charge >= 0.3 is 0 Å². The number of halogens is 2. The summed E-state index contributed by atoms with van der Waals surface area (Å²) >= 11 is 0. The van der Waals surface area contributed by atoms with Crippen LogP contribution in [0.15, 0.2) is 0 Å². The number of hydrogen-bond acceptors (Lipinski definition) is 1. The van der Waals surface area contributed by atoms with Crippen molar-refractivity contribution in [1.82, 2.24) is 0 Å². The minimum Gasteiger partial charge on any atom is -0.328 e. The first kappa shape index (κ1) is 14.1. The molecule has 0 unspecified atom stereocenters. The van der Waals surface area contributed by atoms with Crippen LogP contribution in [-0.2, 0) is 0 Å². The molecule has 3 heteroatoms. The summed E-state index contributed by atoms with van der Waals surface area (Å²) in [6.45, 7) is 2.13. The Morgan fingerprint density at radius 1 is 1.09 bits per heavy atom. The Balaban J connectivity index is 0. The molecule has 11 heavy (non-hydrogen) atoms. The third kappa shape index (κ3) is 4.89. The standard InChI is InChI=1S/C8H17N.2ClH/c1-7(9)8-5-3-2-4-6-8;;/h7-8H,2-6,9H2,1H3;2*1H/t7-;;/m0../s1. The quantitative estimate of drug-likeness (QED) is 0.691. The molecule has 70 valence electrons. The molecule has 2 N–H and O–H groups in total. The van der Waals surface area contributed by atoms with E-state index in [0.717, 1.165) is 5.92 Å². The molecule has 0 amide bonds. The van der Waals surface area contributed by atoms with E-state index in [-0.39, 0.29) is 24.8 Å². The molecule has 1 nitrogen and oxygen atoms in total. The number of rotatable bonds is 1. The second-order valence-corrected chi connectivity index (χ2v) is 3.26. The van der Waals surface area contributed by atoms with Crippen LogP contribution in [0, 0.1) is 5.92 Å². The fraction of sp³-hybridized carbons (Fsp3) is 1.00. The van der Waals surface area contributed by atoms with Gasteiger partial charge in [0.15, 0.2) is 0 Å². The van der Waals surface area contributed by atoms with Crippen LogP contribution >= 0.6 is 24.8 Å². The summed E-state index contributed by atoms with van der Waals surface area (Å²) in [4.78, 5) is 0. The highest BCUT2D eigenvalue weighted by atomic mass is 35.5. The van der Waals surface area contributed by atoms with Crippen molar-refractivity contribution < 1.29 is 0 Å². The van der Waals surface area contributed by atoms with E-state index in [1.807, 2.05) is 0 Å². The van der Waals surface area contributed by atoms with Crippen molar-refractivity contribution >= 4 is 24.8 Å². The van der Waals surface area contributed by atoms with Crippen LogP contribution in [0.4, 0.5) is 0 Å². The van der Waals surface area contributed by atoms with Gasteiger partial charge in [-0.2, -0.15) is 0 Å². The van der Waals surface area contributed by atoms with Crippen LogP contribution in [0.2, 0.25) is 0 Å². The average molecular weight is 200 g/mol. The Hall–Kier alpha value is 0.540. The van der Waals surface area contributed by atoms with Crippen molar-refractivity contribution in [2.75, 3.05) is 0 Å². The molecular formula is C8H19Cl2N.